The molecule has 1 heterocycles. The average Bonchev–Trinajstić information content (AvgIpc) is 2.57. The molecule has 0 radical (unpaired) electrons. The lowest BCUT2D eigenvalue weighted by Gasteiger charge is -2.11. The summed E-state index contributed by atoms with van der Waals surface area (Å²) in [7, 11) is 0. The molecule has 72 valence electrons. The minimum atomic E-state index is 0.677. The first-order chi connectivity index (χ1) is 5.83. The third-order valence-electron chi connectivity index (χ3n) is 2.29. The second-order valence-electron chi connectivity index (χ2n) is 3.67. The molecular weight excluding hydrogens is 168 g/mol. The van der Waals surface area contributed by atoms with Crippen molar-refractivity contribution in [2.24, 2.45) is 11.7 Å². The fourth-order valence-corrected chi connectivity index (χ4v) is 2.62. The van der Waals surface area contributed by atoms with Crippen LogP contribution >= 0.6 is 11.8 Å². The van der Waals surface area contributed by atoms with Crippen LogP contribution in [-0.2, 0) is 0 Å². The molecular formula is C9H20N2S. The molecule has 0 amide bonds. The van der Waals surface area contributed by atoms with Crippen molar-refractivity contribution in [3.05, 3.63) is 0 Å². The van der Waals surface area contributed by atoms with E-state index in [-0.39, 0.29) is 0 Å². The van der Waals surface area contributed by atoms with Crippen molar-refractivity contribution in [3.8, 4) is 0 Å². The van der Waals surface area contributed by atoms with E-state index in [1.54, 1.807) is 0 Å². The average molecular weight is 188 g/mol. The van der Waals surface area contributed by atoms with Gasteiger partial charge in [0.05, 0.1) is 0 Å². The summed E-state index contributed by atoms with van der Waals surface area (Å²) in [5, 5.41) is 3.50. The molecule has 0 aromatic heterocycles. The first-order valence-corrected chi connectivity index (χ1v) is 5.99. The van der Waals surface area contributed by atoms with Gasteiger partial charge in [-0.3, -0.25) is 0 Å². The Hall–Kier alpha value is 0.270. The smallest absolute Gasteiger partial charge is 0.0158 e. The highest BCUT2D eigenvalue weighted by Crippen LogP contribution is 2.14. The van der Waals surface area contributed by atoms with Crippen molar-refractivity contribution < 1.29 is 0 Å². The molecule has 0 aromatic rings. The SMILES string of the molecule is CC(CN)CSCC1CCCN1. The summed E-state index contributed by atoms with van der Waals surface area (Å²) in [5.74, 6) is 3.16. The predicted molar refractivity (Wildman–Crippen MR) is 56.6 cm³/mol. The second-order valence-corrected chi connectivity index (χ2v) is 4.75. The van der Waals surface area contributed by atoms with Gasteiger partial charge < -0.3 is 11.1 Å². The Labute approximate surface area is 79.7 Å². The van der Waals surface area contributed by atoms with Gasteiger partial charge in [0.25, 0.3) is 0 Å². The first-order valence-electron chi connectivity index (χ1n) is 4.84. The van der Waals surface area contributed by atoms with Gasteiger partial charge in [-0.15, -0.1) is 0 Å². The van der Waals surface area contributed by atoms with Gasteiger partial charge in [-0.05, 0) is 37.6 Å². The fraction of sp³-hybridized carbons (Fsp3) is 1.00. The van der Waals surface area contributed by atoms with E-state index < -0.39 is 0 Å². The van der Waals surface area contributed by atoms with Gasteiger partial charge in [-0.25, -0.2) is 0 Å². The minimum absolute atomic E-state index is 0.677. The summed E-state index contributed by atoms with van der Waals surface area (Å²) in [4.78, 5) is 0. The van der Waals surface area contributed by atoms with Crippen molar-refractivity contribution >= 4 is 11.8 Å². The van der Waals surface area contributed by atoms with Crippen LogP contribution < -0.4 is 11.1 Å². The van der Waals surface area contributed by atoms with E-state index in [9.17, 15) is 0 Å². The molecule has 2 atom stereocenters. The van der Waals surface area contributed by atoms with Gasteiger partial charge in [0, 0.05) is 11.8 Å². The molecule has 3 heteroatoms. The zero-order valence-corrected chi connectivity index (χ0v) is 8.70. The Morgan fingerprint density at radius 3 is 3.08 bits per heavy atom. The van der Waals surface area contributed by atoms with Crippen molar-refractivity contribution in [2.75, 3.05) is 24.6 Å². The first kappa shape index (κ1) is 10.4. The van der Waals surface area contributed by atoms with Crippen LogP contribution in [0.3, 0.4) is 0 Å². The lowest BCUT2D eigenvalue weighted by Crippen LogP contribution is -2.24. The van der Waals surface area contributed by atoms with Gasteiger partial charge in [-0.2, -0.15) is 11.8 Å². The van der Waals surface area contributed by atoms with E-state index in [4.69, 9.17) is 5.73 Å². The molecule has 1 aliphatic rings. The van der Waals surface area contributed by atoms with Gasteiger partial charge in [-0.1, -0.05) is 6.92 Å². The van der Waals surface area contributed by atoms with Crippen molar-refractivity contribution in [1.29, 1.82) is 0 Å². The zero-order valence-electron chi connectivity index (χ0n) is 7.88. The number of rotatable bonds is 5. The minimum Gasteiger partial charge on any atom is -0.330 e. The van der Waals surface area contributed by atoms with Crippen LogP contribution in [0, 0.1) is 5.92 Å². The summed E-state index contributed by atoms with van der Waals surface area (Å²) in [6.07, 6.45) is 2.72. The summed E-state index contributed by atoms with van der Waals surface area (Å²) in [6.45, 7) is 4.26. The summed E-state index contributed by atoms with van der Waals surface area (Å²) in [5.41, 5.74) is 5.54. The monoisotopic (exact) mass is 188 g/mol. The van der Waals surface area contributed by atoms with E-state index >= 15 is 0 Å². The number of thioether (sulfide) groups is 1. The molecule has 2 nitrogen and oxygen atoms in total. The maximum atomic E-state index is 5.54. The highest BCUT2D eigenvalue weighted by atomic mass is 32.2. The van der Waals surface area contributed by atoms with Crippen LogP contribution in [0.4, 0.5) is 0 Å². The van der Waals surface area contributed by atoms with Gasteiger partial charge in [0.15, 0.2) is 0 Å². The van der Waals surface area contributed by atoms with E-state index in [0.717, 1.165) is 12.6 Å². The van der Waals surface area contributed by atoms with E-state index in [1.165, 1.54) is 30.9 Å². The third-order valence-corrected chi connectivity index (χ3v) is 3.73. The number of hydrogen-bond acceptors (Lipinski definition) is 3. The zero-order chi connectivity index (χ0) is 8.81. The Balaban J connectivity index is 1.94. The predicted octanol–water partition coefficient (Wildman–Crippen LogP) is 1.07. The fourth-order valence-electron chi connectivity index (χ4n) is 1.38. The van der Waals surface area contributed by atoms with Crippen LogP contribution in [0.2, 0.25) is 0 Å². The lowest BCUT2D eigenvalue weighted by atomic mass is 10.2. The van der Waals surface area contributed by atoms with Crippen LogP contribution in [0.5, 0.6) is 0 Å². The molecule has 12 heavy (non-hydrogen) atoms. The molecule has 0 aliphatic carbocycles. The van der Waals surface area contributed by atoms with Gasteiger partial charge in [0.2, 0.25) is 0 Å². The molecule has 3 N–H and O–H groups in total. The highest BCUT2D eigenvalue weighted by Gasteiger charge is 2.13. The van der Waals surface area contributed by atoms with Crippen LogP contribution in [0.25, 0.3) is 0 Å². The molecule has 1 aliphatic heterocycles. The number of hydrogen-bond donors (Lipinski definition) is 2. The van der Waals surface area contributed by atoms with E-state index in [1.807, 2.05) is 11.8 Å². The quantitative estimate of drug-likeness (QED) is 0.678. The second kappa shape index (κ2) is 5.84. The van der Waals surface area contributed by atoms with Gasteiger partial charge in [0.1, 0.15) is 0 Å². The van der Waals surface area contributed by atoms with Crippen LogP contribution in [0.15, 0.2) is 0 Å². The van der Waals surface area contributed by atoms with Crippen LogP contribution in [0.1, 0.15) is 19.8 Å². The van der Waals surface area contributed by atoms with Crippen LogP contribution in [-0.4, -0.2) is 30.6 Å². The van der Waals surface area contributed by atoms with Crippen molar-refractivity contribution in [3.63, 3.8) is 0 Å². The standard InChI is InChI=1S/C9H20N2S/c1-8(5-10)6-12-7-9-3-2-4-11-9/h8-9,11H,2-7,10H2,1H3. The lowest BCUT2D eigenvalue weighted by molar-refractivity contribution is 0.660. The summed E-state index contributed by atoms with van der Waals surface area (Å²) < 4.78 is 0. The Morgan fingerprint density at radius 2 is 2.50 bits per heavy atom. The molecule has 0 spiro atoms. The molecule has 1 saturated heterocycles. The highest BCUT2D eigenvalue weighted by molar-refractivity contribution is 7.99. The molecule has 0 aromatic carbocycles. The molecule has 1 rings (SSSR count). The Morgan fingerprint density at radius 1 is 1.67 bits per heavy atom. The topological polar surface area (TPSA) is 38.0 Å². The van der Waals surface area contributed by atoms with Crippen molar-refractivity contribution in [1.82, 2.24) is 5.32 Å². The number of nitrogens with two attached hydrogens (primary N) is 1. The summed E-state index contributed by atoms with van der Waals surface area (Å²) in [6, 6.07) is 0.778. The van der Waals surface area contributed by atoms with Crippen molar-refractivity contribution in [2.45, 2.75) is 25.8 Å². The normalized spacial score (nSPS) is 26.0. The largest absolute Gasteiger partial charge is 0.330 e. The van der Waals surface area contributed by atoms with E-state index in [0.29, 0.717) is 5.92 Å². The Bertz CT molecular complexity index is 113. The number of nitrogens with one attached hydrogen (secondary N) is 1. The maximum Gasteiger partial charge on any atom is 0.0158 e. The molecule has 1 fully saturated rings. The third kappa shape index (κ3) is 3.78. The molecule has 2 unspecified atom stereocenters. The summed E-state index contributed by atoms with van der Waals surface area (Å²) >= 11 is 2.04. The Kier molecular flexibility index (Phi) is 5.04. The maximum absolute atomic E-state index is 5.54. The van der Waals surface area contributed by atoms with Gasteiger partial charge >= 0.3 is 0 Å². The molecule has 0 saturated carbocycles. The molecule has 0 bridgehead atoms. The van der Waals surface area contributed by atoms with E-state index in [2.05, 4.69) is 12.2 Å².